The van der Waals surface area contributed by atoms with Gasteiger partial charge in [0.2, 0.25) is 0 Å². The van der Waals surface area contributed by atoms with Gasteiger partial charge in [-0.05, 0) is 35.9 Å². The summed E-state index contributed by atoms with van der Waals surface area (Å²) in [4.78, 5) is 12.3. The minimum Gasteiger partial charge on any atom is -0.504 e. The van der Waals surface area contributed by atoms with Crippen LogP contribution in [0.2, 0.25) is 0 Å². The molecule has 0 aliphatic heterocycles. The highest BCUT2D eigenvalue weighted by atomic mass is 79.9. The summed E-state index contributed by atoms with van der Waals surface area (Å²) >= 11 is 3.17. The number of phenols is 1. The predicted molar refractivity (Wildman–Crippen MR) is 96.0 cm³/mol. The molecule has 2 aromatic rings. The van der Waals surface area contributed by atoms with Crippen LogP contribution < -0.4 is 10.1 Å². The molecule has 2 aromatic carbocycles. The molecule has 1 amide bonds. The van der Waals surface area contributed by atoms with Gasteiger partial charge in [0.05, 0.1) is 18.4 Å². The number of nitrogens with zero attached hydrogens (tertiary/aromatic N) is 1. The molecule has 0 heterocycles. The average molecular weight is 441 g/mol. The molecule has 0 radical (unpaired) electrons. The number of phenolic OH excluding ortho intramolecular Hbond substituents is 1. The first-order valence-corrected chi connectivity index (χ1v) is 8.12. The summed E-state index contributed by atoms with van der Waals surface area (Å²) in [5.74, 6) is -1.07. The summed E-state index contributed by atoms with van der Waals surface area (Å²) < 4.78 is 44.4. The van der Waals surface area contributed by atoms with Gasteiger partial charge in [-0.15, -0.1) is 0 Å². The number of benzene rings is 2. The van der Waals surface area contributed by atoms with Crippen molar-refractivity contribution in [2.75, 3.05) is 12.4 Å². The fourth-order valence-corrected chi connectivity index (χ4v) is 2.61. The van der Waals surface area contributed by atoms with Crippen LogP contribution in [0.3, 0.4) is 0 Å². The van der Waals surface area contributed by atoms with Gasteiger partial charge in [0, 0.05) is 4.47 Å². The van der Waals surface area contributed by atoms with Crippen LogP contribution in [0.15, 0.2) is 46.4 Å². The largest absolute Gasteiger partial charge is 0.504 e. The van der Waals surface area contributed by atoms with Gasteiger partial charge in [-0.1, -0.05) is 28.1 Å². The normalized spacial score (nSPS) is 11.6. The van der Waals surface area contributed by atoms with Gasteiger partial charge in [-0.3, -0.25) is 4.79 Å². The number of hydrogen-bond donors (Lipinski definition) is 2. The fourth-order valence-electron chi connectivity index (χ4n) is 2.17. The third-order valence-corrected chi connectivity index (χ3v) is 4.13. The van der Waals surface area contributed by atoms with Gasteiger partial charge in [0.25, 0.3) is 5.91 Å². The number of nitrogens with one attached hydrogen (secondary N) is 1. The molecule has 0 unspecified atom stereocenters. The van der Waals surface area contributed by atoms with E-state index in [1.54, 1.807) is 6.07 Å². The van der Waals surface area contributed by atoms with Crippen molar-refractivity contribution in [2.24, 2.45) is 0 Å². The van der Waals surface area contributed by atoms with Crippen LogP contribution in [0.5, 0.6) is 11.5 Å². The molecular formula is C18H12BrF3N2O3. The highest BCUT2D eigenvalue weighted by molar-refractivity contribution is 9.10. The Kier molecular flexibility index (Phi) is 6.13. The molecule has 0 aromatic heterocycles. The molecule has 0 spiro atoms. The van der Waals surface area contributed by atoms with E-state index >= 15 is 0 Å². The Morgan fingerprint density at radius 3 is 2.59 bits per heavy atom. The molecule has 0 aliphatic rings. The maximum atomic E-state index is 13.0. The first-order valence-electron chi connectivity index (χ1n) is 7.33. The number of halogens is 4. The Bertz CT molecular complexity index is 950. The lowest BCUT2D eigenvalue weighted by molar-refractivity contribution is -0.137. The molecule has 0 fully saturated rings. The van der Waals surface area contributed by atoms with Crippen molar-refractivity contribution in [3.63, 3.8) is 0 Å². The number of carbonyl (C=O) groups is 1. The summed E-state index contributed by atoms with van der Waals surface area (Å²) in [6.07, 6.45) is -3.49. The van der Waals surface area contributed by atoms with Crippen molar-refractivity contribution in [2.45, 2.75) is 6.18 Å². The first-order chi connectivity index (χ1) is 12.7. The number of rotatable bonds is 4. The van der Waals surface area contributed by atoms with E-state index in [-0.39, 0.29) is 11.5 Å². The SMILES string of the molecule is COc1cc(C=C(C#N)C(=O)Nc2ccccc2C(F)(F)F)c(Br)cc1O. The number of methoxy groups -OCH3 is 1. The lowest BCUT2D eigenvalue weighted by Gasteiger charge is -2.13. The molecular weight excluding hydrogens is 429 g/mol. The minimum atomic E-state index is -4.66. The molecule has 2 rings (SSSR count). The van der Waals surface area contributed by atoms with Crippen LogP contribution in [-0.4, -0.2) is 18.1 Å². The second-order valence-electron chi connectivity index (χ2n) is 5.21. The summed E-state index contributed by atoms with van der Waals surface area (Å²) in [7, 11) is 1.32. The van der Waals surface area contributed by atoms with Crippen molar-refractivity contribution in [1.29, 1.82) is 5.26 Å². The Balaban J connectivity index is 2.39. The maximum Gasteiger partial charge on any atom is 0.418 e. The van der Waals surface area contributed by atoms with Gasteiger partial charge in [0.15, 0.2) is 11.5 Å². The molecule has 0 saturated heterocycles. The molecule has 5 nitrogen and oxygen atoms in total. The zero-order chi connectivity index (χ0) is 20.2. The van der Waals surface area contributed by atoms with Gasteiger partial charge in [-0.2, -0.15) is 18.4 Å². The molecule has 0 atom stereocenters. The Morgan fingerprint density at radius 2 is 2.00 bits per heavy atom. The second kappa shape index (κ2) is 8.14. The molecule has 0 bridgehead atoms. The summed E-state index contributed by atoms with van der Waals surface area (Å²) in [6.45, 7) is 0. The van der Waals surface area contributed by atoms with Gasteiger partial charge >= 0.3 is 6.18 Å². The number of nitriles is 1. The van der Waals surface area contributed by atoms with Crippen molar-refractivity contribution in [3.05, 3.63) is 57.6 Å². The van der Waals surface area contributed by atoms with Crippen molar-refractivity contribution in [1.82, 2.24) is 0 Å². The zero-order valence-electron chi connectivity index (χ0n) is 13.8. The minimum absolute atomic E-state index is 0.101. The topological polar surface area (TPSA) is 82.3 Å². The van der Waals surface area contributed by atoms with E-state index in [9.17, 15) is 28.3 Å². The van der Waals surface area contributed by atoms with E-state index in [0.29, 0.717) is 10.0 Å². The summed E-state index contributed by atoms with van der Waals surface area (Å²) in [5, 5.41) is 21.0. The Labute approximate surface area is 160 Å². The highest BCUT2D eigenvalue weighted by Crippen LogP contribution is 2.35. The van der Waals surface area contributed by atoms with Crippen LogP contribution in [0.4, 0.5) is 18.9 Å². The predicted octanol–water partition coefficient (Wildman–Crippen LogP) is 4.73. The number of hydrogen-bond acceptors (Lipinski definition) is 4. The van der Waals surface area contributed by atoms with E-state index < -0.39 is 28.9 Å². The van der Waals surface area contributed by atoms with Crippen LogP contribution in [0.25, 0.3) is 6.08 Å². The van der Waals surface area contributed by atoms with E-state index in [0.717, 1.165) is 18.2 Å². The first kappa shape index (κ1) is 20.3. The third kappa shape index (κ3) is 4.80. The van der Waals surface area contributed by atoms with Gasteiger partial charge < -0.3 is 15.2 Å². The number of ether oxygens (including phenoxy) is 1. The maximum absolute atomic E-state index is 13.0. The van der Waals surface area contributed by atoms with Crippen LogP contribution in [-0.2, 0) is 11.0 Å². The molecule has 2 N–H and O–H groups in total. The van der Waals surface area contributed by atoms with E-state index in [1.807, 2.05) is 0 Å². The number of amides is 1. The Hall–Kier alpha value is -2.99. The van der Waals surface area contributed by atoms with E-state index in [1.165, 1.54) is 31.4 Å². The van der Waals surface area contributed by atoms with E-state index in [4.69, 9.17) is 4.74 Å². The summed E-state index contributed by atoms with van der Waals surface area (Å²) in [6, 6.07) is 8.77. The molecule has 9 heteroatoms. The number of carbonyl (C=O) groups excluding carboxylic acids is 1. The van der Waals surface area contributed by atoms with Crippen molar-refractivity contribution in [3.8, 4) is 17.6 Å². The van der Waals surface area contributed by atoms with Crippen molar-refractivity contribution < 1.29 is 27.8 Å². The number of alkyl halides is 3. The van der Waals surface area contributed by atoms with Crippen LogP contribution in [0, 0.1) is 11.3 Å². The van der Waals surface area contributed by atoms with Crippen LogP contribution in [0.1, 0.15) is 11.1 Å². The average Bonchev–Trinajstić information content (AvgIpc) is 2.60. The number of aromatic hydroxyl groups is 1. The van der Waals surface area contributed by atoms with Gasteiger partial charge in [-0.25, -0.2) is 0 Å². The second-order valence-corrected chi connectivity index (χ2v) is 6.07. The fraction of sp³-hybridized carbons (Fsp3) is 0.111. The lowest BCUT2D eigenvalue weighted by Crippen LogP contribution is -2.17. The molecule has 0 aliphatic carbocycles. The van der Waals surface area contributed by atoms with Crippen LogP contribution >= 0.6 is 15.9 Å². The summed E-state index contributed by atoms with van der Waals surface area (Å²) in [5.41, 5.74) is -1.59. The quantitative estimate of drug-likeness (QED) is 0.531. The lowest BCUT2D eigenvalue weighted by atomic mass is 10.1. The molecule has 0 saturated carbocycles. The number of anilines is 1. The monoisotopic (exact) mass is 440 g/mol. The molecule has 27 heavy (non-hydrogen) atoms. The smallest absolute Gasteiger partial charge is 0.418 e. The number of para-hydroxylation sites is 1. The zero-order valence-corrected chi connectivity index (χ0v) is 15.4. The third-order valence-electron chi connectivity index (χ3n) is 3.44. The van der Waals surface area contributed by atoms with E-state index in [2.05, 4.69) is 21.2 Å². The standard InChI is InChI=1S/C18H12BrF3N2O3/c1-27-16-7-10(13(19)8-15(16)25)6-11(9-23)17(26)24-14-5-3-2-4-12(14)18(20,21)22/h2-8,25H,1H3,(H,24,26). The molecule has 140 valence electrons. The Morgan fingerprint density at radius 1 is 1.33 bits per heavy atom. The van der Waals surface area contributed by atoms with Gasteiger partial charge in [0.1, 0.15) is 11.6 Å². The highest BCUT2D eigenvalue weighted by Gasteiger charge is 2.33. The van der Waals surface area contributed by atoms with Crippen molar-refractivity contribution >= 4 is 33.6 Å².